The molecule has 0 aromatic carbocycles. The molecular formula is C15H19N3O2S. The monoisotopic (exact) mass is 305 g/mol. The Bertz CT molecular complexity index is 593. The van der Waals surface area contributed by atoms with Crippen molar-refractivity contribution in [3.63, 3.8) is 0 Å². The summed E-state index contributed by atoms with van der Waals surface area (Å²) in [4.78, 5) is 14.5. The second-order valence-electron chi connectivity index (χ2n) is 5.71. The number of carbonyl (C=O) groups is 1. The minimum atomic E-state index is -0.429. The number of nitrogens with zero attached hydrogens (tertiary/aromatic N) is 2. The first-order chi connectivity index (χ1) is 10.2. The van der Waals surface area contributed by atoms with Crippen LogP contribution in [0, 0.1) is 23.2 Å². The highest BCUT2D eigenvalue weighted by Gasteiger charge is 2.38. The number of nitrogens with two attached hydrogens (primary N) is 1. The Hall–Kier alpha value is -1.74. The van der Waals surface area contributed by atoms with Crippen molar-refractivity contribution in [2.75, 3.05) is 30.3 Å². The number of esters is 1. The molecule has 3 rings (SSSR count). The molecule has 2 unspecified atom stereocenters. The van der Waals surface area contributed by atoms with E-state index in [1.54, 1.807) is 6.92 Å². The van der Waals surface area contributed by atoms with Gasteiger partial charge in [-0.25, -0.2) is 4.79 Å². The third kappa shape index (κ3) is 2.36. The molecule has 112 valence electrons. The molecule has 6 heteroatoms. The van der Waals surface area contributed by atoms with E-state index in [0.717, 1.165) is 29.9 Å². The average molecular weight is 305 g/mol. The molecule has 1 aliphatic heterocycles. The Morgan fingerprint density at radius 3 is 2.71 bits per heavy atom. The lowest BCUT2D eigenvalue weighted by molar-refractivity contribution is 0.0533. The van der Waals surface area contributed by atoms with Gasteiger partial charge in [0.15, 0.2) is 0 Å². The third-order valence-corrected chi connectivity index (χ3v) is 5.76. The highest BCUT2D eigenvalue weighted by molar-refractivity contribution is 7.18. The van der Waals surface area contributed by atoms with Gasteiger partial charge in [-0.15, -0.1) is 11.3 Å². The first kappa shape index (κ1) is 14.2. The molecule has 2 aliphatic rings. The number of hydrogen-bond donors (Lipinski definition) is 1. The van der Waals surface area contributed by atoms with Gasteiger partial charge < -0.3 is 15.4 Å². The van der Waals surface area contributed by atoms with Crippen LogP contribution in [0.1, 0.15) is 41.4 Å². The van der Waals surface area contributed by atoms with E-state index >= 15 is 0 Å². The van der Waals surface area contributed by atoms with Gasteiger partial charge in [0, 0.05) is 13.1 Å². The van der Waals surface area contributed by atoms with Crippen LogP contribution in [0.25, 0.3) is 0 Å². The summed E-state index contributed by atoms with van der Waals surface area (Å²) < 4.78 is 5.02. The molecule has 2 heterocycles. The molecule has 1 saturated heterocycles. The maximum absolute atomic E-state index is 11.9. The summed E-state index contributed by atoms with van der Waals surface area (Å²) in [6.07, 6.45) is 3.86. The van der Waals surface area contributed by atoms with Gasteiger partial charge >= 0.3 is 5.97 Å². The van der Waals surface area contributed by atoms with Crippen molar-refractivity contribution < 1.29 is 9.53 Å². The van der Waals surface area contributed by atoms with Crippen LogP contribution in [0.2, 0.25) is 0 Å². The molecule has 1 aromatic heterocycles. The average Bonchev–Trinajstić information content (AvgIpc) is 3.10. The molecule has 1 aliphatic carbocycles. The summed E-state index contributed by atoms with van der Waals surface area (Å²) >= 11 is 1.30. The Kier molecular flexibility index (Phi) is 3.77. The lowest BCUT2D eigenvalue weighted by Crippen LogP contribution is -2.20. The van der Waals surface area contributed by atoms with Crippen molar-refractivity contribution in [3.8, 4) is 6.07 Å². The van der Waals surface area contributed by atoms with Crippen molar-refractivity contribution in [1.29, 1.82) is 5.26 Å². The standard InChI is InChI=1S/C15H19N3O2S/c1-2-20-15(19)13-12(17)11(6-16)14(21-13)18-7-9-4-3-5-10(9)8-18/h9-10H,2-5,7-8,17H2,1H3. The SMILES string of the molecule is CCOC(=O)c1sc(N2CC3CCCC3C2)c(C#N)c1N. The number of nitriles is 1. The lowest BCUT2D eigenvalue weighted by Gasteiger charge is -2.17. The van der Waals surface area contributed by atoms with E-state index in [1.165, 1.54) is 30.6 Å². The number of nitrogen functional groups attached to an aromatic ring is 1. The lowest BCUT2D eigenvalue weighted by atomic mass is 10.0. The normalized spacial score (nSPS) is 23.9. The number of carbonyl (C=O) groups excluding carboxylic acids is 1. The summed E-state index contributed by atoms with van der Waals surface area (Å²) in [5.41, 5.74) is 6.69. The molecule has 1 saturated carbocycles. The Morgan fingerprint density at radius 1 is 1.48 bits per heavy atom. The van der Waals surface area contributed by atoms with Crippen molar-refractivity contribution >= 4 is 28.0 Å². The van der Waals surface area contributed by atoms with Crippen LogP contribution in [0.5, 0.6) is 0 Å². The minimum absolute atomic E-state index is 0.271. The smallest absolute Gasteiger partial charge is 0.350 e. The van der Waals surface area contributed by atoms with Gasteiger partial charge in [-0.3, -0.25) is 0 Å². The zero-order valence-corrected chi connectivity index (χ0v) is 12.9. The predicted molar refractivity (Wildman–Crippen MR) is 82.4 cm³/mol. The van der Waals surface area contributed by atoms with Crippen molar-refractivity contribution in [1.82, 2.24) is 0 Å². The Balaban J connectivity index is 1.90. The van der Waals surface area contributed by atoms with E-state index in [-0.39, 0.29) is 5.69 Å². The number of hydrogen-bond acceptors (Lipinski definition) is 6. The summed E-state index contributed by atoms with van der Waals surface area (Å²) in [6, 6.07) is 2.16. The zero-order valence-electron chi connectivity index (χ0n) is 12.1. The van der Waals surface area contributed by atoms with Crippen molar-refractivity contribution in [3.05, 3.63) is 10.4 Å². The first-order valence-electron chi connectivity index (χ1n) is 7.40. The van der Waals surface area contributed by atoms with Crippen LogP contribution in [-0.2, 0) is 4.74 Å². The quantitative estimate of drug-likeness (QED) is 0.868. The number of anilines is 2. The zero-order chi connectivity index (χ0) is 15.0. The predicted octanol–water partition coefficient (Wildman–Crippen LogP) is 2.61. The summed E-state index contributed by atoms with van der Waals surface area (Å²) in [5.74, 6) is 1.03. The van der Waals surface area contributed by atoms with Crippen LogP contribution in [0.15, 0.2) is 0 Å². The maximum Gasteiger partial charge on any atom is 0.350 e. The molecule has 0 bridgehead atoms. The molecule has 2 atom stereocenters. The van der Waals surface area contributed by atoms with Gasteiger partial charge in [0.2, 0.25) is 0 Å². The van der Waals surface area contributed by atoms with E-state index in [0.29, 0.717) is 17.0 Å². The summed E-state index contributed by atoms with van der Waals surface area (Å²) in [5, 5.41) is 10.2. The third-order valence-electron chi connectivity index (χ3n) is 4.51. The summed E-state index contributed by atoms with van der Waals surface area (Å²) in [6.45, 7) is 4.01. The van der Waals surface area contributed by atoms with Crippen LogP contribution < -0.4 is 10.6 Å². The van der Waals surface area contributed by atoms with Crippen LogP contribution in [0.3, 0.4) is 0 Å². The molecule has 21 heavy (non-hydrogen) atoms. The first-order valence-corrected chi connectivity index (χ1v) is 8.21. The summed E-state index contributed by atoms with van der Waals surface area (Å²) in [7, 11) is 0. The highest BCUT2D eigenvalue weighted by atomic mass is 32.1. The van der Waals surface area contributed by atoms with E-state index in [4.69, 9.17) is 10.5 Å². The fourth-order valence-corrected chi connectivity index (χ4v) is 4.59. The molecule has 5 nitrogen and oxygen atoms in total. The van der Waals surface area contributed by atoms with E-state index < -0.39 is 5.97 Å². The fraction of sp³-hybridized carbons (Fsp3) is 0.600. The number of rotatable bonds is 3. The second-order valence-corrected chi connectivity index (χ2v) is 6.71. The second kappa shape index (κ2) is 5.57. The van der Waals surface area contributed by atoms with Gasteiger partial charge in [-0.2, -0.15) is 5.26 Å². The van der Waals surface area contributed by atoms with Crippen LogP contribution in [-0.4, -0.2) is 25.7 Å². The van der Waals surface area contributed by atoms with Crippen molar-refractivity contribution in [2.45, 2.75) is 26.2 Å². The van der Waals surface area contributed by atoms with E-state index in [1.807, 2.05) is 0 Å². The van der Waals surface area contributed by atoms with Crippen LogP contribution in [0.4, 0.5) is 10.7 Å². The molecule has 0 amide bonds. The molecular weight excluding hydrogens is 286 g/mol. The number of fused-ring (bicyclic) bond motifs is 1. The fourth-order valence-electron chi connectivity index (χ4n) is 3.51. The largest absolute Gasteiger partial charge is 0.462 e. The molecule has 0 radical (unpaired) electrons. The molecule has 2 fully saturated rings. The van der Waals surface area contributed by atoms with Crippen LogP contribution >= 0.6 is 11.3 Å². The van der Waals surface area contributed by atoms with Gasteiger partial charge in [-0.1, -0.05) is 6.42 Å². The van der Waals surface area contributed by atoms with Gasteiger partial charge in [0.25, 0.3) is 0 Å². The van der Waals surface area contributed by atoms with Crippen molar-refractivity contribution in [2.24, 2.45) is 11.8 Å². The van der Waals surface area contributed by atoms with Gasteiger partial charge in [-0.05, 0) is 31.6 Å². The maximum atomic E-state index is 11.9. The van der Waals surface area contributed by atoms with Gasteiger partial charge in [0.1, 0.15) is 21.5 Å². The Labute approximate surface area is 128 Å². The minimum Gasteiger partial charge on any atom is -0.462 e. The molecule has 2 N–H and O–H groups in total. The van der Waals surface area contributed by atoms with E-state index in [2.05, 4.69) is 11.0 Å². The van der Waals surface area contributed by atoms with Gasteiger partial charge in [0.05, 0.1) is 12.3 Å². The number of thiophene rings is 1. The number of ether oxygens (including phenoxy) is 1. The molecule has 0 spiro atoms. The highest BCUT2D eigenvalue weighted by Crippen LogP contribution is 2.45. The van der Waals surface area contributed by atoms with E-state index in [9.17, 15) is 10.1 Å². The topological polar surface area (TPSA) is 79.3 Å². The Morgan fingerprint density at radius 2 is 2.14 bits per heavy atom. The molecule has 1 aromatic rings.